The highest BCUT2D eigenvalue weighted by Gasteiger charge is 2.32. The Bertz CT molecular complexity index is 224. The SMILES string of the molecule is C[C@@H]1CCO[C@H]1C(I)C1=CCCCC1. The quantitative estimate of drug-likeness (QED) is 0.429. The third-order valence-electron chi connectivity index (χ3n) is 3.41. The van der Waals surface area contributed by atoms with Crippen LogP contribution in [0.3, 0.4) is 0 Å². The van der Waals surface area contributed by atoms with Crippen LogP contribution in [0, 0.1) is 5.92 Å². The van der Waals surface area contributed by atoms with E-state index in [2.05, 4.69) is 35.6 Å². The average molecular weight is 306 g/mol. The molecular formula is C12H19IO. The lowest BCUT2D eigenvalue weighted by Crippen LogP contribution is -2.27. The van der Waals surface area contributed by atoms with Crippen LogP contribution in [0.4, 0.5) is 0 Å². The number of alkyl halides is 1. The zero-order chi connectivity index (χ0) is 9.97. The van der Waals surface area contributed by atoms with Gasteiger partial charge in [-0.25, -0.2) is 0 Å². The predicted molar refractivity (Wildman–Crippen MR) is 67.9 cm³/mol. The van der Waals surface area contributed by atoms with Crippen LogP contribution in [0.25, 0.3) is 0 Å². The second-order valence-corrected chi connectivity index (χ2v) is 5.87. The number of ether oxygens (including phenoxy) is 1. The van der Waals surface area contributed by atoms with Crippen molar-refractivity contribution in [3.8, 4) is 0 Å². The Kier molecular flexibility index (Phi) is 3.88. The number of hydrogen-bond donors (Lipinski definition) is 0. The lowest BCUT2D eigenvalue weighted by atomic mass is 9.91. The summed E-state index contributed by atoms with van der Waals surface area (Å²) in [4.78, 5) is 0. The summed E-state index contributed by atoms with van der Waals surface area (Å²) in [6.45, 7) is 3.30. The number of hydrogen-bond acceptors (Lipinski definition) is 1. The maximum atomic E-state index is 5.83. The smallest absolute Gasteiger partial charge is 0.0756 e. The molecule has 0 spiro atoms. The van der Waals surface area contributed by atoms with Gasteiger partial charge < -0.3 is 4.74 Å². The summed E-state index contributed by atoms with van der Waals surface area (Å²) in [6, 6.07) is 0. The highest BCUT2D eigenvalue weighted by molar-refractivity contribution is 14.1. The molecule has 80 valence electrons. The maximum absolute atomic E-state index is 5.83. The van der Waals surface area contributed by atoms with Crippen molar-refractivity contribution < 1.29 is 4.74 Å². The number of allylic oxidation sites excluding steroid dienone is 1. The van der Waals surface area contributed by atoms with Crippen molar-refractivity contribution in [3.63, 3.8) is 0 Å². The van der Waals surface area contributed by atoms with E-state index in [0.29, 0.717) is 10.0 Å². The van der Waals surface area contributed by atoms with E-state index in [9.17, 15) is 0 Å². The molecule has 1 aliphatic heterocycles. The lowest BCUT2D eigenvalue weighted by molar-refractivity contribution is 0.101. The molecule has 1 nitrogen and oxygen atoms in total. The Morgan fingerprint density at radius 2 is 2.36 bits per heavy atom. The van der Waals surface area contributed by atoms with Gasteiger partial charge in [-0.2, -0.15) is 0 Å². The van der Waals surface area contributed by atoms with Crippen LogP contribution >= 0.6 is 22.6 Å². The molecule has 3 atom stereocenters. The third kappa shape index (κ3) is 2.32. The van der Waals surface area contributed by atoms with Gasteiger partial charge in [0.2, 0.25) is 0 Å². The first-order valence-electron chi connectivity index (χ1n) is 5.73. The second-order valence-electron chi connectivity index (χ2n) is 4.53. The third-order valence-corrected chi connectivity index (χ3v) is 4.92. The molecule has 0 bridgehead atoms. The Labute approximate surface area is 100 Å². The standard InChI is InChI=1S/C12H19IO/c1-9-7-8-14-12(9)11(13)10-5-3-2-4-6-10/h5,9,11-12H,2-4,6-8H2,1H3/t9-,11?,12-/m1/s1. The molecule has 1 unspecified atom stereocenters. The highest BCUT2D eigenvalue weighted by atomic mass is 127. The molecule has 0 aromatic heterocycles. The molecule has 0 aromatic rings. The molecule has 0 amide bonds. The molecule has 1 fully saturated rings. The second kappa shape index (κ2) is 4.97. The van der Waals surface area contributed by atoms with Gasteiger partial charge in [-0.15, -0.1) is 0 Å². The first-order valence-corrected chi connectivity index (χ1v) is 6.98. The highest BCUT2D eigenvalue weighted by Crippen LogP contribution is 2.34. The molecular weight excluding hydrogens is 287 g/mol. The fraction of sp³-hybridized carbons (Fsp3) is 0.833. The van der Waals surface area contributed by atoms with E-state index in [0.717, 1.165) is 12.5 Å². The number of halogens is 1. The average Bonchev–Trinajstić information content (AvgIpc) is 2.65. The van der Waals surface area contributed by atoms with E-state index in [-0.39, 0.29) is 0 Å². The summed E-state index contributed by atoms with van der Waals surface area (Å²) in [7, 11) is 0. The molecule has 14 heavy (non-hydrogen) atoms. The van der Waals surface area contributed by atoms with Crippen molar-refractivity contribution in [1.29, 1.82) is 0 Å². The molecule has 0 N–H and O–H groups in total. The Morgan fingerprint density at radius 1 is 1.50 bits per heavy atom. The predicted octanol–water partition coefficient (Wildman–Crippen LogP) is 3.72. The van der Waals surface area contributed by atoms with Crippen molar-refractivity contribution in [3.05, 3.63) is 11.6 Å². The van der Waals surface area contributed by atoms with Crippen LogP contribution in [0.2, 0.25) is 0 Å². The molecule has 2 heteroatoms. The summed E-state index contributed by atoms with van der Waals surface area (Å²) >= 11 is 2.58. The number of rotatable bonds is 2. The minimum atomic E-state index is 0.486. The Balaban J connectivity index is 1.99. The van der Waals surface area contributed by atoms with Crippen LogP contribution in [0.5, 0.6) is 0 Å². The monoisotopic (exact) mass is 306 g/mol. The molecule has 0 radical (unpaired) electrons. The van der Waals surface area contributed by atoms with E-state index < -0.39 is 0 Å². The topological polar surface area (TPSA) is 9.23 Å². The molecule has 0 saturated carbocycles. The minimum absolute atomic E-state index is 0.486. The summed E-state index contributed by atoms with van der Waals surface area (Å²) in [5.74, 6) is 0.750. The molecule has 1 heterocycles. The molecule has 2 aliphatic rings. The van der Waals surface area contributed by atoms with Gasteiger partial charge in [0.1, 0.15) is 0 Å². The Hall–Kier alpha value is 0.430. The van der Waals surface area contributed by atoms with Crippen LogP contribution in [-0.2, 0) is 4.74 Å². The normalized spacial score (nSPS) is 35.4. The van der Waals surface area contributed by atoms with Gasteiger partial charge in [0.05, 0.1) is 10.0 Å². The van der Waals surface area contributed by atoms with Gasteiger partial charge >= 0.3 is 0 Å². The zero-order valence-corrected chi connectivity index (χ0v) is 11.0. The molecule has 0 aromatic carbocycles. The van der Waals surface area contributed by atoms with Crippen LogP contribution in [0.15, 0.2) is 11.6 Å². The van der Waals surface area contributed by atoms with Crippen molar-refractivity contribution in [2.24, 2.45) is 5.92 Å². The van der Waals surface area contributed by atoms with Crippen molar-refractivity contribution >= 4 is 22.6 Å². The summed E-state index contributed by atoms with van der Waals surface area (Å²) in [5.41, 5.74) is 1.65. The first-order chi connectivity index (χ1) is 6.79. The van der Waals surface area contributed by atoms with Crippen molar-refractivity contribution in [1.82, 2.24) is 0 Å². The zero-order valence-electron chi connectivity index (χ0n) is 8.84. The van der Waals surface area contributed by atoms with Gasteiger partial charge in [0, 0.05) is 6.61 Å². The van der Waals surface area contributed by atoms with Gasteiger partial charge in [-0.1, -0.05) is 41.2 Å². The van der Waals surface area contributed by atoms with E-state index in [4.69, 9.17) is 4.74 Å². The largest absolute Gasteiger partial charge is 0.376 e. The van der Waals surface area contributed by atoms with E-state index >= 15 is 0 Å². The Morgan fingerprint density at radius 3 is 2.93 bits per heavy atom. The van der Waals surface area contributed by atoms with E-state index in [1.54, 1.807) is 5.57 Å². The van der Waals surface area contributed by atoms with Gasteiger partial charge in [0.15, 0.2) is 0 Å². The minimum Gasteiger partial charge on any atom is -0.376 e. The molecule has 1 saturated heterocycles. The van der Waals surface area contributed by atoms with Gasteiger partial charge in [-0.05, 0) is 38.0 Å². The lowest BCUT2D eigenvalue weighted by Gasteiger charge is -2.25. The van der Waals surface area contributed by atoms with E-state index in [1.807, 2.05) is 0 Å². The summed E-state index contributed by atoms with van der Waals surface area (Å²) in [5, 5.41) is 0. The van der Waals surface area contributed by atoms with Crippen LogP contribution in [-0.4, -0.2) is 16.6 Å². The summed E-state index contributed by atoms with van der Waals surface area (Å²) in [6.07, 6.45) is 9.54. The first kappa shape index (κ1) is 10.9. The van der Waals surface area contributed by atoms with Crippen molar-refractivity contribution in [2.75, 3.05) is 6.61 Å². The maximum Gasteiger partial charge on any atom is 0.0756 e. The fourth-order valence-electron chi connectivity index (χ4n) is 2.42. The van der Waals surface area contributed by atoms with Crippen molar-refractivity contribution in [2.45, 2.75) is 49.1 Å². The summed E-state index contributed by atoms with van der Waals surface area (Å²) < 4.78 is 6.46. The van der Waals surface area contributed by atoms with Gasteiger partial charge in [-0.3, -0.25) is 0 Å². The molecule has 1 aliphatic carbocycles. The van der Waals surface area contributed by atoms with E-state index in [1.165, 1.54) is 32.1 Å². The fourth-order valence-corrected chi connectivity index (χ4v) is 3.90. The van der Waals surface area contributed by atoms with Crippen LogP contribution < -0.4 is 0 Å². The molecule has 2 rings (SSSR count). The van der Waals surface area contributed by atoms with Gasteiger partial charge in [0.25, 0.3) is 0 Å². The van der Waals surface area contributed by atoms with Crippen LogP contribution in [0.1, 0.15) is 39.0 Å².